The van der Waals surface area contributed by atoms with Crippen LogP contribution in [0.1, 0.15) is 16.2 Å². The van der Waals surface area contributed by atoms with E-state index in [2.05, 4.69) is 15.3 Å². The van der Waals surface area contributed by atoms with Gasteiger partial charge in [0.05, 0.1) is 5.69 Å². The molecule has 3 rings (SSSR count). The number of anilines is 1. The second-order valence-electron chi connectivity index (χ2n) is 4.97. The van der Waals surface area contributed by atoms with E-state index in [1.165, 1.54) is 22.7 Å². The van der Waals surface area contributed by atoms with E-state index in [9.17, 15) is 9.59 Å². The molecule has 1 amide bonds. The molecule has 2 aromatic heterocycles. The average Bonchev–Trinajstić information content (AvgIpc) is 3.22. The van der Waals surface area contributed by atoms with Crippen LogP contribution in [0.5, 0.6) is 0 Å². The van der Waals surface area contributed by atoms with E-state index in [-0.39, 0.29) is 5.69 Å². The maximum atomic E-state index is 12.0. The Labute approximate surface area is 156 Å². The van der Waals surface area contributed by atoms with Crippen LogP contribution in [0.15, 0.2) is 35.0 Å². The Bertz CT molecular complexity index is 923. The van der Waals surface area contributed by atoms with Gasteiger partial charge in [-0.2, -0.15) is 0 Å². The van der Waals surface area contributed by atoms with E-state index >= 15 is 0 Å². The number of hydrogen-bond donors (Lipinski definition) is 1. The molecule has 9 heteroatoms. The molecule has 1 aromatic carbocycles. The summed E-state index contributed by atoms with van der Waals surface area (Å²) in [5.41, 5.74) is 1.78. The molecular formula is C16H12ClN3O3S2. The van der Waals surface area contributed by atoms with Crippen LogP contribution in [-0.4, -0.2) is 28.5 Å². The van der Waals surface area contributed by atoms with Gasteiger partial charge in [0.25, 0.3) is 5.91 Å². The summed E-state index contributed by atoms with van der Waals surface area (Å²) in [5.74, 6) is -1.11. The molecule has 6 nitrogen and oxygen atoms in total. The van der Waals surface area contributed by atoms with Crippen molar-refractivity contribution in [2.75, 3.05) is 11.9 Å². The first-order chi connectivity index (χ1) is 12.0. The molecule has 0 atom stereocenters. The first kappa shape index (κ1) is 17.5. The van der Waals surface area contributed by atoms with Gasteiger partial charge in [-0.05, 0) is 19.1 Å². The Morgan fingerprint density at radius 2 is 2.08 bits per heavy atom. The van der Waals surface area contributed by atoms with Gasteiger partial charge >= 0.3 is 5.97 Å². The average molecular weight is 394 g/mol. The van der Waals surface area contributed by atoms with E-state index in [1.54, 1.807) is 17.5 Å². The first-order valence-electron chi connectivity index (χ1n) is 7.12. The van der Waals surface area contributed by atoms with E-state index in [1.807, 2.05) is 24.4 Å². The van der Waals surface area contributed by atoms with Gasteiger partial charge in [0, 0.05) is 21.3 Å². The highest BCUT2D eigenvalue weighted by Crippen LogP contribution is 2.26. The van der Waals surface area contributed by atoms with Crippen molar-refractivity contribution in [3.63, 3.8) is 0 Å². The molecule has 2 heterocycles. The Morgan fingerprint density at radius 3 is 2.80 bits per heavy atom. The minimum Gasteiger partial charge on any atom is -0.451 e. The summed E-state index contributed by atoms with van der Waals surface area (Å²) in [4.78, 5) is 32.1. The van der Waals surface area contributed by atoms with E-state index in [4.69, 9.17) is 16.3 Å². The number of halogens is 1. The summed E-state index contributed by atoms with van der Waals surface area (Å²) < 4.78 is 4.99. The molecular weight excluding hydrogens is 382 g/mol. The third-order valence-electron chi connectivity index (χ3n) is 2.98. The van der Waals surface area contributed by atoms with Crippen LogP contribution in [0.25, 0.3) is 10.6 Å². The van der Waals surface area contributed by atoms with Crippen LogP contribution in [-0.2, 0) is 9.53 Å². The predicted molar refractivity (Wildman–Crippen MR) is 98.3 cm³/mol. The zero-order chi connectivity index (χ0) is 17.8. The number of aryl methyl sites for hydroxylation is 1. The number of ether oxygens (including phenoxy) is 1. The molecule has 0 saturated heterocycles. The second kappa shape index (κ2) is 7.73. The molecule has 0 aliphatic rings. The number of rotatable bonds is 5. The molecule has 0 spiro atoms. The van der Waals surface area contributed by atoms with Crippen LogP contribution in [0.3, 0.4) is 0 Å². The van der Waals surface area contributed by atoms with Gasteiger partial charge in [-0.3, -0.25) is 10.1 Å². The molecule has 0 aliphatic heterocycles. The molecule has 0 aliphatic carbocycles. The molecule has 0 bridgehead atoms. The van der Waals surface area contributed by atoms with Crippen molar-refractivity contribution in [3.8, 4) is 10.6 Å². The number of carbonyl (C=O) groups is 2. The zero-order valence-corrected chi connectivity index (χ0v) is 15.4. The Kier molecular flexibility index (Phi) is 5.42. The maximum absolute atomic E-state index is 12.0. The lowest BCUT2D eigenvalue weighted by Gasteiger charge is -2.02. The molecule has 0 radical (unpaired) electrons. The molecule has 0 saturated carbocycles. The van der Waals surface area contributed by atoms with Gasteiger partial charge < -0.3 is 4.74 Å². The number of nitrogens with zero attached hydrogens (tertiary/aromatic N) is 2. The third kappa shape index (κ3) is 4.62. The number of benzene rings is 1. The third-order valence-corrected chi connectivity index (χ3v) is 4.99. The molecule has 128 valence electrons. The monoisotopic (exact) mass is 393 g/mol. The Morgan fingerprint density at radius 1 is 1.24 bits per heavy atom. The Hall–Kier alpha value is -2.29. The number of nitrogens with one attached hydrogen (secondary N) is 1. The highest BCUT2D eigenvalue weighted by molar-refractivity contribution is 7.14. The quantitative estimate of drug-likeness (QED) is 0.662. The van der Waals surface area contributed by atoms with Crippen LogP contribution in [0, 0.1) is 6.92 Å². The fraction of sp³-hybridized carbons (Fsp3) is 0.125. The lowest BCUT2D eigenvalue weighted by atomic mass is 10.2. The number of thiazole rings is 2. The largest absolute Gasteiger partial charge is 0.451 e. The standard InChI is InChI=1S/C16H12ClN3O3S2/c1-9-7-25-16(18-9)20-13(21)6-23-15(22)12-8-24-14(19-12)10-3-2-4-11(17)5-10/h2-5,7-8H,6H2,1H3,(H,18,20,21). The van der Waals surface area contributed by atoms with E-state index in [0.29, 0.717) is 15.2 Å². The van der Waals surface area contributed by atoms with Gasteiger partial charge in [0.2, 0.25) is 0 Å². The fourth-order valence-corrected chi connectivity index (χ4v) is 3.57. The van der Waals surface area contributed by atoms with Crippen molar-refractivity contribution in [1.29, 1.82) is 0 Å². The topological polar surface area (TPSA) is 81.2 Å². The SMILES string of the molecule is Cc1csc(NC(=O)COC(=O)c2csc(-c3cccc(Cl)c3)n2)n1. The summed E-state index contributed by atoms with van der Waals surface area (Å²) in [6.45, 7) is 1.42. The molecule has 0 unspecified atom stereocenters. The predicted octanol–water partition coefficient (Wildman–Crippen LogP) is 4.02. The number of carbonyl (C=O) groups excluding carboxylic acids is 2. The van der Waals surface area contributed by atoms with Crippen molar-refractivity contribution in [3.05, 3.63) is 51.4 Å². The minimum atomic E-state index is -0.657. The maximum Gasteiger partial charge on any atom is 0.358 e. The lowest BCUT2D eigenvalue weighted by Crippen LogP contribution is -2.21. The summed E-state index contributed by atoms with van der Waals surface area (Å²) in [5, 5.41) is 7.67. The van der Waals surface area contributed by atoms with Crippen molar-refractivity contribution < 1.29 is 14.3 Å². The normalized spacial score (nSPS) is 10.5. The smallest absolute Gasteiger partial charge is 0.358 e. The van der Waals surface area contributed by atoms with Gasteiger partial charge in [-0.15, -0.1) is 22.7 Å². The summed E-state index contributed by atoms with van der Waals surface area (Å²) >= 11 is 8.56. The molecule has 1 N–H and O–H groups in total. The van der Waals surface area contributed by atoms with Gasteiger partial charge in [0.1, 0.15) is 5.01 Å². The number of hydrogen-bond acceptors (Lipinski definition) is 7. The molecule has 0 fully saturated rings. The minimum absolute atomic E-state index is 0.151. The summed E-state index contributed by atoms with van der Waals surface area (Å²) in [6.07, 6.45) is 0. The molecule has 3 aromatic rings. The number of esters is 1. The van der Waals surface area contributed by atoms with Crippen molar-refractivity contribution in [1.82, 2.24) is 9.97 Å². The van der Waals surface area contributed by atoms with E-state index in [0.717, 1.165) is 11.3 Å². The van der Waals surface area contributed by atoms with E-state index < -0.39 is 18.5 Å². The van der Waals surface area contributed by atoms with Gasteiger partial charge in [-0.1, -0.05) is 23.7 Å². The van der Waals surface area contributed by atoms with Crippen molar-refractivity contribution in [2.24, 2.45) is 0 Å². The number of amides is 1. The zero-order valence-electron chi connectivity index (χ0n) is 13.0. The van der Waals surface area contributed by atoms with Gasteiger partial charge in [0.15, 0.2) is 17.4 Å². The van der Waals surface area contributed by atoms with Crippen LogP contribution in [0.2, 0.25) is 5.02 Å². The lowest BCUT2D eigenvalue weighted by molar-refractivity contribution is -0.119. The van der Waals surface area contributed by atoms with Crippen LogP contribution in [0.4, 0.5) is 5.13 Å². The van der Waals surface area contributed by atoms with Crippen molar-refractivity contribution in [2.45, 2.75) is 6.92 Å². The summed E-state index contributed by atoms with van der Waals surface area (Å²) in [6, 6.07) is 7.18. The van der Waals surface area contributed by atoms with Crippen molar-refractivity contribution >= 4 is 51.3 Å². The Balaban J connectivity index is 1.57. The first-order valence-corrected chi connectivity index (χ1v) is 9.25. The van der Waals surface area contributed by atoms with Gasteiger partial charge in [-0.25, -0.2) is 14.8 Å². The van der Waals surface area contributed by atoms with Crippen LogP contribution < -0.4 is 5.32 Å². The highest BCUT2D eigenvalue weighted by Gasteiger charge is 2.15. The summed E-state index contributed by atoms with van der Waals surface area (Å²) in [7, 11) is 0. The van der Waals surface area contributed by atoms with Crippen LogP contribution >= 0.6 is 34.3 Å². The molecule has 25 heavy (non-hydrogen) atoms. The fourth-order valence-electron chi connectivity index (χ4n) is 1.89. The highest BCUT2D eigenvalue weighted by atomic mass is 35.5. The number of aromatic nitrogens is 2. The second-order valence-corrected chi connectivity index (χ2v) is 7.12.